The van der Waals surface area contributed by atoms with Gasteiger partial charge < -0.3 is 5.32 Å². The van der Waals surface area contributed by atoms with Crippen molar-refractivity contribution >= 4 is 21.6 Å². The minimum absolute atomic E-state index is 0.272. The molecule has 0 aliphatic rings. The van der Waals surface area contributed by atoms with Crippen molar-refractivity contribution in [3.63, 3.8) is 0 Å². The van der Waals surface area contributed by atoms with Crippen molar-refractivity contribution in [1.29, 1.82) is 0 Å². The van der Waals surface area contributed by atoms with E-state index in [0.29, 0.717) is 10.2 Å². The minimum atomic E-state index is -4.20. The summed E-state index contributed by atoms with van der Waals surface area (Å²) in [4.78, 5) is 0. The Morgan fingerprint density at radius 2 is 1.93 bits per heavy atom. The van der Waals surface area contributed by atoms with Crippen LogP contribution >= 0.6 is 15.9 Å². The largest absolute Gasteiger partial charge is 0.390 e. The smallest absolute Gasteiger partial charge is 0.384 e. The van der Waals surface area contributed by atoms with Gasteiger partial charge in [-0.25, -0.2) is 4.39 Å². The Morgan fingerprint density at radius 1 is 1.27 bits per heavy atom. The molecule has 0 fully saturated rings. The Balaban J connectivity index is 2.54. The Morgan fingerprint density at radius 3 is 2.53 bits per heavy atom. The highest BCUT2D eigenvalue weighted by atomic mass is 79.9. The molecule has 0 heterocycles. The zero-order valence-corrected chi connectivity index (χ0v) is 9.12. The first-order valence-electron chi connectivity index (χ1n) is 4.14. The summed E-state index contributed by atoms with van der Waals surface area (Å²) in [5.74, 6) is -0.493. The molecule has 15 heavy (non-hydrogen) atoms. The lowest BCUT2D eigenvalue weighted by molar-refractivity contribution is -0.131. The Labute approximate surface area is 92.6 Å². The fourth-order valence-corrected chi connectivity index (χ4v) is 1.36. The van der Waals surface area contributed by atoms with Gasteiger partial charge >= 0.3 is 6.18 Å². The van der Waals surface area contributed by atoms with Crippen molar-refractivity contribution < 1.29 is 17.6 Å². The number of anilines is 1. The standard InChI is InChI=1S/C9H8BrF4N/c10-7-2-1-6(11)5-8(7)15-4-3-9(12,13)14/h1-2,5,15H,3-4H2. The predicted octanol–water partition coefficient (Wildman–Crippen LogP) is 3.95. The van der Waals surface area contributed by atoms with Crippen molar-refractivity contribution in [2.75, 3.05) is 11.9 Å². The van der Waals surface area contributed by atoms with Crippen molar-refractivity contribution in [1.82, 2.24) is 0 Å². The van der Waals surface area contributed by atoms with Crippen LogP contribution in [0.25, 0.3) is 0 Å². The van der Waals surface area contributed by atoms with Gasteiger partial charge in [0.15, 0.2) is 0 Å². The summed E-state index contributed by atoms with van der Waals surface area (Å²) in [6, 6.07) is 3.80. The fraction of sp³-hybridized carbons (Fsp3) is 0.333. The molecule has 6 heteroatoms. The van der Waals surface area contributed by atoms with Crippen LogP contribution in [-0.4, -0.2) is 12.7 Å². The molecule has 0 saturated heterocycles. The highest BCUT2D eigenvalue weighted by molar-refractivity contribution is 9.10. The summed E-state index contributed by atoms with van der Waals surface area (Å²) < 4.78 is 48.7. The third-order valence-corrected chi connectivity index (χ3v) is 2.34. The number of hydrogen-bond donors (Lipinski definition) is 1. The van der Waals surface area contributed by atoms with Gasteiger partial charge in [0, 0.05) is 11.0 Å². The summed E-state index contributed by atoms with van der Waals surface area (Å²) in [6.45, 7) is -0.272. The van der Waals surface area contributed by atoms with E-state index in [1.165, 1.54) is 12.1 Å². The molecule has 0 unspecified atom stereocenters. The topological polar surface area (TPSA) is 12.0 Å². The quantitative estimate of drug-likeness (QED) is 0.829. The maximum Gasteiger partial charge on any atom is 0.390 e. The zero-order valence-electron chi connectivity index (χ0n) is 7.54. The molecule has 1 nitrogen and oxygen atoms in total. The highest BCUT2D eigenvalue weighted by Crippen LogP contribution is 2.24. The van der Waals surface area contributed by atoms with Crippen molar-refractivity contribution in [3.8, 4) is 0 Å². The van der Waals surface area contributed by atoms with Crippen molar-refractivity contribution in [3.05, 3.63) is 28.5 Å². The Hall–Kier alpha value is -0.780. The van der Waals surface area contributed by atoms with Crippen LogP contribution in [0.2, 0.25) is 0 Å². The number of rotatable bonds is 3. The molecule has 0 amide bonds. The fourth-order valence-electron chi connectivity index (χ4n) is 0.972. The second kappa shape index (κ2) is 4.83. The summed E-state index contributed by atoms with van der Waals surface area (Å²) in [5, 5.41) is 2.50. The molecule has 1 aromatic rings. The van der Waals surface area contributed by atoms with Gasteiger partial charge in [-0.2, -0.15) is 13.2 Å². The van der Waals surface area contributed by atoms with E-state index in [0.717, 1.165) is 6.07 Å². The van der Waals surface area contributed by atoms with Crippen LogP contribution in [0.5, 0.6) is 0 Å². The SMILES string of the molecule is Fc1ccc(Br)c(NCCC(F)(F)F)c1. The number of alkyl halides is 3. The monoisotopic (exact) mass is 285 g/mol. The molecule has 0 aliphatic heterocycles. The Bertz CT molecular complexity index is 337. The third-order valence-electron chi connectivity index (χ3n) is 1.65. The van der Waals surface area contributed by atoms with E-state index in [2.05, 4.69) is 21.2 Å². The summed E-state index contributed by atoms with van der Waals surface area (Å²) in [5.41, 5.74) is 0.319. The molecule has 0 spiro atoms. The molecule has 84 valence electrons. The van der Waals surface area contributed by atoms with Crippen molar-refractivity contribution in [2.45, 2.75) is 12.6 Å². The Kier molecular flexibility index (Phi) is 3.96. The van der Waals surface area contributed by atoms with Gasteiger partial charge in [-0.3, -0.25) is 0 Å². The number of nitrogens with one attached hydrogen (secondary N) is 1. The summed E-state index contributed by atoms with van der Waals surface area (Å²) >= 11 is 3.10. The van der Waals surface area contributed by atoms with Crippen molar-refractivity contribution in [2.24, 2.45) is 0 Å². The van der Waals surface area contributed by atoms with E-state index >= 15 is 0 Å². The summed E-state index contributed by atoms with van der Waals surface area (Å²) in [6.07, 6.45) is -5.15. The number of hydrogen-bond acceptors (Lipinski definition) is 1. The minimum Gasteiger partial charge on any atom is -0.384 e. The van der Waals surface area contributed by atoms with Gasteiger partial charge in [-0.05, 0) is 34.1 Å². The molecule has 1 rings (SSSR count). The molecule has 0 radical (unpaired) electrons. The number of halogens is 5. The molecule has 0 aliphatic carbocycles. The van der Waals surface area contributed by atoms with E-state index < -0.39 is 18.4 Å². The third kappa shape index (κ3) is 4.51. The first kappa shape index (κ1) is 12.3. The van der Waals surface area contributed by atoms with E-state index in [4.69, 9.17) is 0 Å². The van der Waals surface area contributed by atoms with Crippen LogP contribution in [0, 0.1) is 5.82 Å². The van der Waals surface area contributed by atoms with E-state index in [-0.39, 0.29) is 6.54 Å². The average molecular weight is 286 g/mol. The zero-order chi connectivity index (χ0) is 11.5. The van der Waals surface area contributed by atoms with E-state index in [1.54, 1.807) is 0 Å². The molecule has 0 atom stereocenters. The lowest BCUT2D eigenvalue weighted by atomic mass is 10.3. The molecule has 0 bridgehead atoms. The van der Waals surface area contributed by atoms with Gasteiger partial charge in [0.1, 0.15) is 5.82 Å². The van der Waals surface area contributed by atoms with Crippen LogP contribution in [0.3, 0.4) is 0 Å². The van der Waals surface area contributed by atoms with E-state index in [1.807, 2.05) is 0 Å². The lowest BCUT2D eigenvalue weighted by Gasteiger charge is -2.10. The summed E-state index contributed by atoms with van der Waals surface area (Å²) in [7, 11) is 0. The van der Waals surface area contributed by atoms with Crippen LogP contribution < -0.4 is 5.32 Å². The first-order valence-corrected chi connectivity index (χ1v) is 4.93. The second-order valence-electron chi connectivity index (χ2n) is 2.92. The van der Waals surface area contributed by atoms with E-state index in [9.17, 15) is 17.6 Å². The van der Waals surface area contributed by atoms with Crippen LogP contribution in [0.4, 0.5) is 23.2 Å². The lowest BCUT2D eigenvalue weighted by Crippen LogP contribution is -2.14. The first-order chi connectivity index (χ1) is 6.88. The maximum atomic E-state index is 12.7. The molecule has 0 saturated carbocycles. The average Bonchev–Trinajstić information content (AvgIpc) is 2.09. The van der Waals surface area contributed by atoms with Gasteiger partial charge in [0.25, 0.3) is 0 Å². The van der Waals surface area contributed by atoms with Crippen LogP contribution in [0.15, 0.2) is 22.7 Å². The molecular formula is C9H8BrF4N. The molecule has 0 aromatic heterocycles. The van der Waals surface area contributed by atoms with Gasteiger partial charge in [0.2, 0.25) is 0 Å². The highest BCUT2D eigenvalue weighted by Gasteiger charge is 2.26. The molecule has 1 N–H and O–H groups in total. The number of benzene rings is 1. The maximum absolute atomic E-state index is 12.7. The second-order valence-corrected chi connectivity index (χ2v) is 3.77. The van der Waals surface area contributed by atoms with Gasteiger partial charge in [-0.15, -0.1) is 0 Å². The van der Waals surface area contributed by atoms with Gasteiger partial charge in [0.05, 0.1) is 12.1 Å². The predicted molar refractivity (Wildman–Crippen MR) is 53.3 cm³/mol. The van der Waals surface area contributed by atoms with Crippen LogP contribution in [-0.2, 0) is 0 Å². The normalized spacial score (nSPS) is 11.5. The van der Waals surface area contributed by atoms with Gasteiger partial charge in [-0.1, -0.05) is 0 Å². The van der Waals surface area contributed by atoms with Crippen LogP contribution in [0.1, 0.15) is 6.42 Å². The molecule has 1 aromatic carbocycles. The molecular weight excluding hydrogens is 278 g/mol.